The molecule has 0 aliphatic carbocycles. The third-order valence-electron chi connectivity index (χ3n) is 3.28. The minimum atomic E-state index is 0.680. The standard InChI is InChI=1S/C15H17N5O/c1-21-8-7-16-10-13-9-14(12-5-3-2-4-6-12)11-20-15(13)17-18-19-20/h2-6,9,11,16H,7-8,10H2,1H3. The molecule has 108 valence electrons. The summed E-state index contributed by atoms with van der Waals surface area (Å²) in [6, 6.07) is 12.3. The van der Waals surface area contributed by atoms with E-state index in [4.69, 9.17) is 4.74 Å². The van der Waals surface area contributed by atoms with Crippen LogP contribution in [0.2, 0.25) is 0 Å². The lowest BCUT2D eigenvalue weighted by atomic mass is 10.1. The average molecular weight is 283 g/mol. The van der Waals surface area contributed by atoms with Gasteiger partial charge >= 0.3 is 0 Å². The van der Waals surface area contributed by atoms with Crippen LogP contribution < -0.4 is 5.32 Å². The Balaban J connectivity index is 1.92. The van der Waals surface area contributed by atoms with Gasteiger partial charge in [0, 0.05) is 37.5 Å². The van der Waals surface area contributed by atoms with Crippen LogP contribution in [0.4, 0.5) is 0 Å². The Morgan fingerprint density at radius 3 is 2.86 bits per heavy atom. The molecule has 0 radical (unpaired) electrons. The van der Waals surface area contributed by atoms with Crippen molar-refractivity contribution in [2.45, 2.75) is 6.54 Å². The summed E-state index contributed by atoms with van der Waals surface area (Å²) in [6.07, 6.45) is 1.95. The molecule has 0 atom stereocenters. The molecule has 0 amide bonds. The lowest BCUT2D eigenvalue weighted by molar-refractivity contribution is 0.199. The van der Waals surface area contributed by atoms with Crippen LogP contribution in [0.25, 0.3) is 16.8 Å². The van der Waals surface area contributed by atoms with Gasteiger partial charge in [-0.1, -0.05) is 30.3 Å². The summed E-state index contributed by atoms with van der Waals surface area (Å²) < 4.78 is 6.76. The topological polar surface area (TPSA) is 64.3 Å². The number of fused-ring (bicyclic) bond motifs is 1. The Morgan fingerprint density at radius 1 is 1.19 bits per heavy atom. The second kappa shape index (κ2) is 6.43. The average Bonchev–Trinajstić information content (AvgIpc) is 3.01. The highest BCUT2D eigenvalue weighted by Gasteiger charge is 2.08. The van der Waals surface area contributed by atoms with Crippen LogP contribution in [0.3, 0.4) is 0 Å². The van der Waals surface area contributed by atoms with Crippen LogP contribution in [-0.2, 0) is 11.3 Å². The predicted octanol–water partition coefficient (Wildman–Crippen LogP) is 1.53. The Kier molecular flexibility index (Phi) is 4.18. The first kappa shape index (κ1) is 13.7. The summed E-state index contributed by atoms with van der Waals surface area (Å²) in [5, 5.41) is 15.2. The van der Waals surface area contributed by atoms with E-state index in [1.54, 1.807) is 11.6 Å². The normalized spacial score (nSPS) is 11.1. The molecule has 3 aromatic rings. The van der Waals surface area contributed by atoms with Gasteiger partial charge < -0.3 is 10.1 Å². The molecule has 0 unspecified atom stereocenters. The summed E-state index contributed by atoms with van der Waals surface area (Å²) in [5.74, 6) is 0. The molecule has 21 heavy (non-hydrogen) atoms. The number of aromatic nitrogens is 4. The van der Waals surface area contributed by atoms with Gasteiger partial charge in [0.2, 0.25) is 0 Å². The number of methoxy groups -OCH3 is 1. The summed E-state index contributed by atoms with van der Waals surface area (Å²) in [6.45, 7) is 2.17. The van der Waals surface area contributed by atoms with E-state index in [1.807, 2.05) is 24.4 Å². The zero-order valence-corrected chi connectivity index (χ0v) is 11.9. The Hall–Kier alpha value is -2.31. The van der Waals surface area contributed by atoms with Crippen molar-refractivity contribution >= 4 is 5.65 Å². The van der Waals surface area contributed by atoms with Gasteiger partial charge in [0.25, 0.3) is 0 Å². The molecule has 1 N–H and O–H groups in total. The van der Waals surface area contributed by atoms with Gasteiger partial charge in [-0.2, -0.15) is 4.52 Å². The molecule has 0 saturated carbocycles. The SMILES string of the molecule is COCCNCc1cc(-c2ccccc2)cn2nnnc12. The summed E-state index contributed by atoms with van der Waals surface area (Å²) in [7, 11) is 1.69. The molecule has 0 aliphatic heterocycles. The third-order valence-corrected chi connectivity index (χ3v) is 3.28. The molecule has 1 aromatic carbocycles. The maximum absolute atomic E-state index is 5.04. The van der Waals surface area contributed by atoms with Crippen molar-refractivity contribution in [2.24, 2.45) is 0 Å². The molecule has 6 nitrogen and oxygen atoms in total. The monoisotopic (exact) mass is 283 g/mol. The van der Waals surface area contributed by atoms with Gasteiger partial charge in [0.05, 0.1) is 6.61 Å². The third kappa shape index (κ3) is 3.07. The first-order valence-corrected chi connectivity index (χ1v) is 6.84. The van der Waals surface area contributed by atoms with Crippen LogP contribution in [0.15, 0.2) is 42.6 Å². The van der Waals surface area contributed by atoms with Crippen molar-refractivity contribution in [3.63, 3.8) is 0 Å². The summed E-state index contributed by atoms with van der Waals surface area (Å²) >= 11 is 0. The highest BCUT2D eigenvalue weighted by Crippen LogP contribution is 2.21. The van der Waals surface area contributed by atoms with Crippen LogP contribution in [-0.4, -0.2) is 40.3 Å². The van der Waals surface area contributed by atoms with E-state index < -0.39 is 0 Å². The maximum Gasteiger partial charge on any atom is 0.183 e. The van der Waals surface area contributed by atoms with E-state index in [0.29, 0.717) is 13.2 Å². The van der Waals surface area contributed by atoms with Crippen LogP contribution >= 0.6 is 0 Å². The second-order valence-electron chi connectivity index (χ2n) is 4.74. The molecular weight excluding hydrogens is 266 g/mol. The van der Waals surface area contributed by atoms with Crippen LogP contribution in [0, 0.1) is 0 Å². The Labute approximate surface area is 122 Å². The van der Waals surface area contributed by atoms with E-state index in [9.17, 15) is 0 Å². The van der Waals surface area contributed by atoms with Crippen molar-refractivity contribution in [1.29, 1.82) is 0 Å². The van der Waals surface area contributed by atoms with Gasteiger partial charge in [-0.25, -0.2) is 0 Å². The molecule has 2 heterocycles. The second-order valence-corrected chi connectivity index (χ2v) is 4.74. The van der Waals surface area contributed by atoms with Crippen molar-refractivity contribution < 1.29 is 4.74 Å². The molecule has 3 rings (SSSR count). The zero-order chi connectivity index (χ0) is 14.5. The van der Waals surface area contributed by atoms with E-state index >= 15 is 0 Å². The number of rotatable bonds is 6. The van der Waals surface area contributed by atoms with Gasteiger partial charge in [-0.3, -0.25) is 0 Å². The molecule has 2 aromatic heterocycles. The van der Waals surface area contributed by atoms with E-state index in [1.165, 1.54) is 0 Å². The fraction of sp³-hybridized carbons (Fsp3) is 0.267. The Bertz CT molecular complexity index is 710. The number of nitrogens with one attached hydrogen (secondary N) is 1. The lowest BCUT2D eigenvalue weighted by Crippen LogP contribution is -2.19. The molecule has 0 spiro atoms. The molecule has 0 aliphatic rings. The highest BCUT2D eigenvalue weighted by atomic mass is 16.5. The van der Waals surface area contributed by atoms with E-state index in [2.05, 4.69) is 39.0 Å². The number of benzene rings is 1. The largest absolute Gasteiger partial charge is 0.383 e. The van der Waals surface area contributed by atoms with Gasteiger partial charge in [0.1, 0.15) is 0 Å². The highest BCUT2D eigenvalue weighted by molar-refractivity contribution is 5.66. The predicted molar refractivity (Wildman–Crippen MR) is 79.8 cm³/mol. The number of tetrazole rings is 1. The first-order valence-electron chi connectivity index (χ1n) is 6.84. The van der Waals surface area contributed by atoms with Crippen LogP contribution in [0.1, 0.15) is 5.56 Å². The number of hydrogen-bond acceptors (Lipinski definition) is 5. The van der Waals surface area contributed by atoms with E-state index in [-0.39, 0.29) is 0 Å². The van der Waals surface area contributed by atoms with Crippen molar-refractivity contribution in [3.8, 4) is 11.1 Å². The zero-order valence-electron chi connectivity index (χ0n) is 11.9. The van der Waals surface area contributed by atoms with Crippen LogP contribution in [0.5, 0.6) is 0 Å². The maximum atomic E-state index is 5.04. The van der Waals surface area contributed by atoms with Gasteiger partial charge in [0.15, 0.2) is 5.65 Å². The molecular formula is C15H17N5O. The number of nitrogens with zero attached hydrogens (tertiary/aromatic N) is 4. The van der Waals surface area contributed by atoms with Crippen molar-refractivity contribution in [2.75, 3.05) is 20.3 Å². The smallest absolute Gasteiger partial charge is 0.183 e. The molecule has 6 heteroatoms. The van der Waals surface area contributed by atoms with Crippen molar-refractivity contribution in [1.82, 2.24) is 25.4 Å². The number of hydrogen-bond donors (Lipinski definition) is 1. The lowest BCUT2D eigenvalue weighted by Gasteiger charge is -2.08. The Morgan fingerprint density at radius 2 is 2.05 bits per heavy atom. The minimum Gasteiger partial charge on any atom is -0.383 e. The first-order chi connectivity index (χ1) is 10.4. The minimum absolute atomic E-state index is 0.680. The fourth-order valence-electron chi connectivity index (χ4n) is 2.23. The molecule has 0 saturated heterocycles. The molecule has 0 bridgehead atoms. The summed E-state index contributed by atoms with van der Waals surface area (Å²) in [4.78, 5) is 0. The van der Waals surface area contributed by atoms with Gasteiger partial charge in [-0.05, 0) is 22.1 Å². The fourth-order valence-corrected chi connectivity index (χ4v) is 2.23. The van der Waals surface area contributed by atoms with Gasteiger partial charge in [-0.15, -0.1) is 5.10 Å². The van der Waals surface area contributed by atoms with Crippen molar-refractivity contribution in [3.05, 3.63) is 48.2 Å². The number of pyridine rings is 1. The summed E-state index contributed by atoms with van der Waals surface area (Å²) in [5.41, 5.74) is 4.09. The quantitative estimate of drug-likeness (QED) is 0.695. The number of ether oxygens (including phenoxy) is 1. The molecule has 0 fully saturated rings. The van der Waals surface area contributed by atoms with E-state index in [0.717, 1.165) is 28.9 Å².